The smallest absolute Gasteiger partial charge is 0.257 e. The monoisotopic (exact) mass is 417 g/mol. The van der Waals surface area contributed by atoms with Crippen molar-refractivity contribution in [2.45, 2.75) is 17.6 Å². The maximum atomic E-state index is 12.5. The second kappa shape index (κ2) is 9.03. The number of nitrogens with zero attached hydrogens (tertiary/aromatic N) is 2. The van der Waals surface area contributed by atoms with Crippen molar-refractivity contribution in [2.24, 2.45) is 0 Å². The van der Waals surface area contributed by atoms with E-state index in [1.54, 1.807) is 11.8 Å². The third kappa shape index (κ3) is 5.10. The molecular formula is C23H19N3OS2. The number of anilines is 1. The highest BCUT2D eigenvalue weighted by molar-refractivity contribution is 7.98. The SMILES string of the molecule is Cc1ccc(-c2nnc(NC(=O)c3ccc(CSc4ccccc4)cc3)s2)cc1. The van der Waals surface area contributed by atoms with Gasteiger partial charge in [0.25, 0.3) is 5.91 Å². The Hall–Kier alpha value is -2.96. The summed E-state index contributed by atoms with van der Waals surface area (Å²) >= 11 is 3.14. The summed E-state index contributed by atoms with van der Waals surface area (Å²) in [6.07, 6.45) is 0. The topological polar surface area (TPSA) is 54.9 Å². The zero-order chi connectivity index (χ0) is 20.1. The van der Waals surface area contributed by atoms with Gasteiger partial charge in [0.05, 0.1) is 0 Å². The zero-order valence-corrected chi connectivity index (χ0v) is 17.5. The molecule has 0 saturated carbocycles. The van der Waals surface area contributed by atoms with Crippen LogP contribution in [0, 0.1) is 6.92 Å². The van der Waals surface area contributed by atoms with Gasteiger partial charge in [-0.1, -0.05) is 71.5 Å². The molecule has 4 nitrogen and oxygen atoms in total. The Bertz CT molecular complexity index is 1090. The van der Waals surface area contributed by atoms with Crippen molar-refractivity contribution < 1.29 is 4.79 Å². The number of amides is 1. The van der Waals surface area contributed by atoms with E-state index in [2.05, 4.69) is 27.6 Å². The number of aryl methyl sites for hydroxylation is 1. The van der Waals surface area contributed by atoms with E-state index in [0.29, 0.717) is 10.7 Å². The van der Waals surface area contributed by atoms with Crippen LogP contribution in [0.15, 0.2) is 83.8 Å². The van der Waals surface area contributed by atoms with Crippen molar-refractivity contribution in [3.63, 3.8) is 0 Å². The maximum Gasteiger partial charge on any atom is 0.257 e. The summed E-state index contributed by atoms with van der Waals surface area (Å²) in [5.41, 5.74) is 3.96. The molecule has 144 valence electrons. The first-order valence-corrected chi connectivity index (χ1v) is 11.0. The lowest BCUT2D eigenvalue weighted by Gasteiger charge is -2.04. The van der Waals surface area contributed by atoms with E-state index in [-0.39, 0.29) is 5.91 Å². The molecule has 1 aromatic heterocycles. The summed E-state index contributed by atoms with van der Waals surface area (Å²) < 4.78 is 0. The molecule has 4 rings (SSSR count). The third-order valence-electron chi connectivity index (χ3n) is 4.31. The third-order valence-corrected chi connectivity index (χ3v) is 6.28. The van der Waals surface area contributed by atoms with Gasteiger partial charge in [-0.05, 0) is 36.8 Å². The molecule has 0 bridgehead atoms. The van der Waals surface area contributed by atoms with Gasteiger partial charge >= 0.3 is 0 Å². The average molecular weight is 418 g/mol. The Morgan fingerprint density at radius 1 is 0.931 bits per heavy atom. The number of carbonyl (C=O) groups excluding carboxylic acids is 1. The van der Waals surface area contributed by atoms with Crippen molar-refractivity contribution >= 4 is 34.1 Å². The molecule has 1 amide bonds. The normalized spacial score (nSPS) is 10.7. The number of hydrogen-bond donors (Lipinski definition) is 1. The molecule has 0 fully saturated rings. The van der Waals surface area contributed by atoms with Crippen molar-refractivity contribution in [3.05, 3.63) is 95.6 Å². The molecule has 0 spiro atoms. The van der Waals surface area contributed by atoms with Gasteiger partial charge in [0.1, 0.15) is 5.01 Å². The van der Waals surface area contributed by atoms with E-state index in [1.807, 2.05) is 73.7 Å². The van der Waals surface area contributed by atoms with Crippen LogP contribution < -0.4 is 5.32 Å². The summed E-state index contributed by atoms with van der Waals surface area (Å²) in [6, 6.07) is 26.0. The lowest BCUT2D eigenvalue weighted by molar-refractivity contribution is 0.102. The number of hydrogen-bond acceptors (Lipinski definition) is 5. The summed E-state index contributed by atoms with van der Waals surface area (Å²) in [4.78, 5) is 13.7. The second-order valence-corrected chi connectivity index (χ2v) is 8.56. The van der Waals surface area contributed by atoms with Gasteiger partial charge in [0.2, 0.25) is 5.13 Å². The number of nitrogens with one attached hydrogen (secondary N) is 1. The Morgan fingerprint density at radius 3 is 2.38 bits per heavy atom. The predicted octanol–water partition coefficient (Wildman–Crippen LogP) is 6.06. The molecule has 29 heavy (non-hydrogen) atoms. The van der Waals surface area contributed by atoms with E-state index in [1.165, 1.54) is 27.4 Å². The Balaban J connectivity index is 1.37. The first-order chi connectivity index (χ1) is 14.2. The molecule has 0 atom stereocenters. The number of thioether (sulfide) groups is 1. The van der Waals surface area contributed by atoms with Gasteiger partial charge in [0.15, 0.2) is 0 Å². The molecule has 1 heterocycles. The van der Waals surface area contributed by atoms with Gasteiger partial charge in [0, 0.05) is 21.8 Å². The van der Waals surface area contributed by atoms with Gasteiger partial charge in [-0.25, -0.2) is 0 Å². The van der Waals surface area contributed by atoms with Crippen LogP contribution in [0.3, 0.4) is 0 Å². The molecule has 0 unspecified atom stereocenters. The molecule has 0 aliphatic rings. The summed E-state index contributed by atoms with van der Waals surface area (Å²) in [7, 11) is 0. The van der Waals surface area contributed by atoms with Gasteiger partial charge in [-0.15, -0.1) is 22.0 Å². The Labute approximate surface area is 178 Å². The molecule has 3 aromatic carbocycles. The number of benzene rings is 3. The number of aromatic nitrogens is 2. The van der Waals surface area contributed by atoms with E-state index < -0.39 is 0 Å². The van der Waals surface area contributed by atoms with Gasteiger partial charge in [-0.3, -0.25) is 10.1 Å². The Kier molecular flexibility index (Phi) is 6.03. The quantitative estimate of drug-likeness (QED) is 0.388. The van der Waals surface area contributed by atoms with Crippen LogP contribution in [0.4, 0.5) is 5.13 Å². The van der Waals surface area contributed by atoms with Gasteiger partial charge in [-0.2, -0.15) is 0 Å². The highest BCUT2D eigenvalue weighted by Crippen LogP contribution is 2.27. The predicted molar refractivity (Wildman–Crippen MR) is 120 cm³/mol. The number of rotatable bonds is 6. The minimum Gasteiger partial charge on any atom is -0.296 e. The van der Waals surface area contributed by atoms with Crippen LogP contribution in [0.2, 0.25) is 0 Å². The van der Waals surface area contributed by atoms with Gasteiger partial charge < -0.3 is 0 Å². The summed E-state index contributed by atoms with van der Waals surface area (Å²) in [5.74, 6) is 0.682. The van der Waals surface area contributed by atoms with Crippen LogP contribution in [-0.4, -0.2) is 16.1 Å². The molecule has 0 radical (unpaired) electrons. The fraction of sp³-hybridized carbons (Fsp3) is 0.0870. The van der Waals surface area contributed by atoms with E-state index in [0.717, 1.165) is 16.3 Å². The lowest BCUT2D eigenvalue weighted by Crippen LogP contribution is -2.11. The molecule has 4 aromatic rings. The highest BCUT2D eigenvalue weighted by Gasteiger charge is 2.11. The second-order valence-electron chi connectivity index (χ2n) is 6.53. The average Bonchev–Trinajstić information content (AvgIpc) is 3.22. The first kappa shape index (κ1) is 19.4. The molecule has 1 N–H and O–H groups in total. The molecule has 0 aliphatic heterocycles. The van der Waals surface area contributed by atoms with Crippen molar-refractivity contribution in [1.82, 2.24) is 10.2 Å². The van der Waals surface area contributed by atoms with E-state index in [4.69, 9.17) is 0 Å². The first-order valence-electron chi connectivity index (χ1n) is 9.16. The van der Waals surface area contributed by atoms with Crippen LogP contribution in [-0.2, 0) is 5.75 Å². The van der Waals surface area contributed by atoms with Crippen LogP contribution >= 0.6 is 23.1 Å². The van der Waals surface area contributed by atoms with Crippen LogP contribution in [0.25, 0.3) is 10.6 Å². The lowest BCUT2D eigenvalue weighted by atomic mass is 10.1. The van der Waals surface area contributed by atoms with Crippen molar-refractivity contribution in [3.8, 4) is 10.6 Å². The Morgan fingerprint density at radius 2 is 1.66 bits per heavy atom. The largest absolute Gasteiger partial charge is 0.296 e. The summed E-state index contributed by atoms with van der Waals surface area (Å²) in [6.45, 7) is 2.04. The minimum atomic E-state index is -0.182. The van der Waals surface area contributed by atoms with Crippen LogP contribution in [0.5, 0.6) is 0 Å². The molecule has 0 aliphatic carbocycles. The molecule has 6 heteroatoms. The standard InChI is InChI=1S/C23H19N3OS2/c1-16-7-11-19(12-8-16)22-25-26-23(29-22)24-21(27)18-13-9-17(10-14-18)15-28-20-5-3-2-4-6-20/h2-14H,15H2,1H3,(H,24,26,27). The van der Waals surface area contributed by atoms with E-state index in [9.17, 15) is 4.79 Å². The maximum absolute atomic E-state index is 12.5. The fourth-order valence-electron chi connectivity index (χ4n) is 2.69. The van der Waals surface area contributed by atoms with Crippen LogP contribution in [0.1, 0.15) is 21.5 Å². The van der Waals surface area contributed by atoms with Crippen molar-refractivity contribution in [2.75, 3.05) is 5.32 Å². The number of carbonyl (C=O) groups is 1. The zero-order valence-electron chi connectivity index (χ0n) is 15.8. The molecular weight excluding hydrogens is 398 g/mol. The summed E-state index contributed by atoms with van der Waals surface area (Å²) in [5, 5.41) is 12.4. The minimum absolute atomic E-state index is 0.182. The van der Waals surface area contributed by atoms with Crippen molar-refractivity contribution in [1.29, 1.82) is 0 Å². The molecule has 0 saturated heterocycles. The fourth-order valence-corrected chi connectivity index (χ4v) is 4.31. The van der Waals surface area contributed by atoms with E-state index >= 15 is 0 Å². The highest BCUT2D eigenvalue weighted by atomic mass is 32.2.